The first-order valence-corrected chi connectivity index (χ1v) is 49.2. The summed E-state index contributed by atoms with van der Waals surface area (Å²) in [6.07, 6.45) is 0.474. The highest BCUT2D eigenvalue weighted by Gasteiger charge is 2.40. The summed E-state index contributed by atoms with van der Waals surface area (Å²) in [4.78, 5) is 271. The fraction of sp³-hybridized carbons (Fsp3) is 0.527. The van der Waals surface area contributed by atoms with Crippen LogP contribution in [-0.4, -0.2) is 296 Å². The average molecular weight is 2040 g/mol. The minimum absolute atomic E-state index is 0.00665. The van der Waals surface area contributed by atoms with Crippen LogP contribution in [0.5, 0.6) is 5.75 Å². The zero-order valence-electron chi connectivity index (χ0n) is 80.2. The number of aromatic amines is 2. The first kappa shape index (κ1) is 119. The normalized spacial score (nSPS) is 13.8. The number of rotatable bonds is 69. The van der Waals surface area contributed by atoms with E-state index in [1.54, 1.807) is 74.8 Å². The predicted octanol–water partition coefficient (Wildman–Crippen LogP) is -4.75. The third kappa shape index (κ3) is 45.0. The molecular formula is C91H137N27O23S2. The number of amides is 16. The molecule has 16 amide bonds. The Morgan fingerprint density at radius 3 is 1.17 bits per heavy atom. The van der Waals surface area contributed by atoms with Gasteiger partial charge in [0.1, 0.15) is 84.8 Å². The number of hydrogen-bond donors (Lipinski definition) is 31. The molecule has 143 heavy (non-hydrogen) atoms. The van der Waals surface area contributed by atoms with Gasteiger partial charge in [0.05, 0.1) is 18.5 Å². The molecule has 2 aromatic heterocycles. The standard InChI is InChI=1S/C91H137N27O23S2/c1-49(2)39-67(114-89(141)71(47-143-48-106-50(3)119)118-82(134)60(19-9-11-34-92)107-77(129)57(94)27-31-74(123)124)86(138)110-63(22-14-37-101-91(98)99)81(133)116-69(41-52-43-102-58-17-7-5-15-55(52)58)87(139)111-64(28-30-72(95)121)84(136)117-70(42-53-44-103-59-18-8-6-16-56(53)59)88(140)112-65(29-32-75(125)126)83(135)113-66(33-38-142-4)85(137)109-62(21-13-36-100-90(96)97)79(131)108-61(20-10-12-35-93)80(132)115-68(40-51-23-25-54(120)26-24-51)78(130)105-45-73(122)104-46-76(127)128/h5-8,15-18,23-26,43-44,49,57,60-71,102-103,120H,9-14,19-22,27-42,45-48,92-94H2,1-4H3,(H2,95,121)(H,104,122)(H,105,130)(H,106,119)(H,107,129)(H,108,131)(H,109,137)(H,110,138)(H,111,139)(H,112,140)(H,113,135)(H,114,141)(H,115,132)(H,116,133)(H,117,136)(H,118,134)(H,123,124)(H,125,126)(H,127,128)(H4,96,97,100)(H4,98,99,101)/t57-,60-,61-,62-,63-,64-,65-,66-,67-,68-,69-,70-,71-/m0/s1. The minimum atomic E-state index is -1.88. The summed E-state index contributed by atoms with van der Waals surface area (Å²) in [6.45, 7) is 3.43. The van der Waals surface area contributed by atoms with E-state index >= 15 is 28.8 Å². The lowest BCUT2D eigenvalue weighted by atomic mass is 10.00. The molecule has 50 nitrogen and oxygen atoms in total. The van der Waals surface area contributed by atoms with Gasteiger partial charge >= 0.3 is 17.9 Å². The van der Waals surface area contributed by atoms with Crippen LogP contribution in [0.15, 0.2) is 85.2 Å². The maximum Gasteiger partial charge on any atom is 0.322 e. The molecule has 52 heteroatoms. The van der Waals surface area contributed by atoms with Crippen molar-refractivity contribution in [2.45, 2.75) is 234 Å². The molecule has 786 valence electrons. The number of carbonyl (C=O) groups excluding carboxylic acids is 16. The summed E-state index contributed by atoms with van der Waals surface area (Å²) in [7, 11) is 0. The molecule has 0 saturated carbocycles. The number of fused-ring (bicyclic) bond motifs is 2. The summed E-state index contributed by atoms with van der Waals surface area (Å²) in [5.41, 5.74) is 36.9. The quantitative estimate of drug-likeness (QED) is 0.00752. The van der Waals surface area contributed by atoms with Gasteiger partial charge in [0.2, 0.25) is 94.5 Å². The second-order valence-electron chi connectivity index (χ2n) is 34.3. The fourth-order valence-electron chi connectivity index (χ4n) is 14.7. The second kappa shape index (κ2) is 63.4. The molecule has 5 rings (SSSR count). The molecule has 0 unspecified atom stereocenters. The summed E-state index contributed by atoms with van der Waals surface area (Å²) >= 11 is 2.21. The number of unbranched alkanes of at least 4 members (excludes halogenated alkanes) is 2. The summed E-state index contributed by atoms with van der Waals surface area (Å²) in [5.74, 6) is -21.2. The molecule has 5 aromatic rings. The van der Waals surface area contributed by atoms with Crippen molar-refractivity contribution < 1.29 is 112 Å². The molecule has 37 N–H and O–H groups in total. The predicted molar refractivity (Wildman–Crippen MR) is 530 cm³/mol. The van der Waals surface area contributed by atoms with Crippen LogP contribution in [0.25, 0.3) is 21.8 Å². The van der Waals surface area contributed by atoms with Crippen molar-refractivity contribution in [2.24, 2.45) is 40.3 Å². The van der Waals surface area contributed by atoms with E-state index in [9.17, 15) is 77.6 Å². The van der Waals surface area contributed by atoms with Crippen LogP contribution in [0.4, 0.5) is 0 Å². The van der Waals surface area contributed by atoms with E-state index in [1.807, 2.05) is 0 Å². The van der Waals surface area contributed by atoms with E-state index in [4.69, 9.17) is 50.3 Å². The van der Waals surface area contributed by atoms with E-state index < -0.39 is 255 Å². The van der Waals surface area contributed by atoms with Crippen molar-refractivity contribution in [1.82, 2.24) is 100 Å². The van der Waals surface area contributed by atoms with Crippen LogP contribution in [0.1, 0.15) is 153 Å². The van der Waals surface area contributed by atoms with Gasteiger partial charge in [0, 0.05) is 98.5 Å². The Balaban J connectivity index is 1.54. The summed E-state index contributed by atoms with van der Waals surface area (Å²) in [6, 6.07) is -1.66. The zero-order chi connectivity index (χ0) is 106. The number of carboxylic acid groups (broad SMARTS) is 3. The Morgan fingerprint density at radius 1 is 0.392 bits per heavy atom. The van der Waals surface area contributed by atoms with E-state index in [0.717, 1.165) is 11.8 Å². The van der Waals surface area contributed by atoms with Gasteiger partial charge in [0.15, 0.2) is 11.9 Å². The van der Waals surface area contributed by atoms with Gasteiger partial charge in [-0.25, -0.2) is 0 Å². The van der Waals surface area contributed by atoms with Gasteiger partial charge in [-0.15, -0.1) is 11.8 Å². The van der Waals surface area contributed by atoms with E-state index in [1.165, 1.54) is 49.1 Å². The smallest absolute Gasteiger partial charge is 0.322 e. The SMILES string of the molecule is CSCC[C@H](NC(=O)[C@H](CCC(=O)O)NC(=O)[C@H](Cc1c[nH]c2ccccc12)NC(=O)[C@H](CCC(N)=O)NC(=O)[C@H](Cc1c[nH]c2ccccc12)NC(=O)[C@H](CCCNC(=N)N)NC(=O)[C@H](CC(C)C)NC(=O)[C@H](CSCNC(C)=O)NC(=O)[C@H](CCCCN)NC(=O)[C@@H](N)CCC(=O)O)C(=O)N[C@@H](CCCNC(=N)N)C(=O)N[C@@H](CCCCN)C(=O)N[C@@H](Cc1ccc(O)cc1)C(=O)NCC(=O)NCC(=O)O. The van der Waals surface area contributed by atoms with Gasteiger partial charge in [-0.1, -0.05) is 62.4 Å². The first-order chi connectivity index (χ1) is 68.0. The maximum atomic E-state index is 15.5. The Morgan fingerprint density at radius 2 is 0.762 bits per heavy atom. The second-order valence-corrected chi connectivity index (χ2v) is 36.3. The number of thioether (sulfide) groups is 2. The van der Waals surface area contributed by atoms with Gasteiger partial charge < -0.3 is 155 Å². The number of guanidine groups is 2. The van der Waals surface area contributed by atoms with Crippen LogP contribution in [0, 0.1) is 16.7 Å². The Hall–Kier alpha value is -14.4. The highest BCUT2D eigenvalue weighted by atomic mass is 32.2. The molecule has 0 fully saturated rings. The van der Waals surface area contributed by atoms with E-state index in [0.29, 0.717) is 57.8 Å². The topological polar surface area (TPSA) is 845 Å². The molecule has 0 aliphatic carbocycles. The fourth-order valence-corrected chi connectivity index (χ4v) is 16.0. The molecule has 13 atom stereocenters. The number of phenols is 1. The molecule has 3 aromatic carbocycles. The van der Waals surface area contributed by atoms with Crippen molar-refractivity contribution in [3.63, 3.8) is 0 Å². The molecule has 0 aliphatic heterocycles. The Kier molecular flexibility index (Phi) is 52.8. The number of nitrogens with two attached hydrogens (primary N) is 6. The first-order valence-electron chi connectivity index (χ1n) is 46.6. The molecule has 2 heterocycles. The van der Waals surface area contributed by atoms with Crippen LogP contribution >= 0.6 is 23.5 Å². The van der Waals surface area contributed by atoms with E-state index in [-0.39, 0.29) is 132 Å². The van der Waals surface area contributed by atoms with Crippen molar-refractivity contribution >= 4 is 170 Å². The van der Waals surface area contributed by atoms with Crippen molar-refractivity contribution in [1.29, 1.82) is 10.8 Å². The lowest BCUT2D eigenvalue weighted by Gasteiger charge is -2.29. The Labute approximate surface area is 833 Å². The number of hydrogen-bond acceptors (Lipinski definition) is 27. The van der Waals surface area contributed by atoms with E-state index in [2.05, 4.69) is 100 Å². The zero-order valence-corrected chi connectivity index (χ0v) is 81.8. The van der Waals surface area contributed by atoms with Gasteiger partial charge in [-0.2, -0.15) is 11.8 Å². The van der Waals surface area contributed by atoms with Crippen LogP contribution in [-0.2, 0) is 110 Å². The van der Waals surface area contributed by atoms with Crippen molar-refractivity contribution in [3.8, 4) is 5.75 Å². The summed E-state index contributed by atoms with van der Waals surface area (Å²) in [5, 5.41) is 99.0. The molecule has 0 saturated heterocycles. The average Bonchev–Trinajstić information content (AvgIpc) is 1.70. The molecule has 0 radical (unpaired) electrons. The van der Waals surface area contributed by atoms with Crippen molar-refractivity contribution in [2.75, 3.05) is 62.9 Å². The number of benzene rings is 3. The monoisotopic (exact) mass is 2040 g/mol. The highest BCUT2D eigenvalue weighted by Crippen LogP contribution is 2.24. The highest BCUT2D eigenvalue weighted by molar-refractivity contribution is 7.99. The van der Waals surface area contributed by atoms with Gasteiger partial charge in [0.25, 0.3) is 0 Å². The third-order valence-electron chi connectivity index (χ3n) is 22.3. The number of H-pyrrole nitrogens is 2. The number of aromatic nitrogens is 2. The number of aliphatic carboxylic acids is 3. The molecule has 0 aliphatic rings. The largest absolute Gasteiger partial charge is 0.508 e. The summed E-state index contributed by atoms with van der Waals surface area (Å²) < 4.78 is 0. The van der Waals surface area contributed by atoms with Crippen LogP contribution in [0.3, 0.4) is 0 Å². The number of nitrogens with one attached hydrogen (secondary N) is 21. The number of primary amides is 1. The van der Waals surface area contributed by atoms with Crippen LogP contribution in [0.2, 0.25) is 0 Å². The third-order valence-corrected chi connectivity index (χ3v) is 23.8. The van der Waals surface area contributed by atoms with Gasteiger partial charge in [-0.05, 0) is 168 Å². The molecular weight excluding hydrogens is 1900 g/mol. The lowest BCUT2D eigenvalue weighted by molar-refractivity contribution is -0.139. The molecule has 0 spiro atoms. The minimum Gasteiger partial charge on any atom is -0.508 e. The number of carbonyl (C=O) groups is 19. The molecule has 0 bridgehead atoms. The number of phenolic OH excluding ortho intramolecular Hbond substituents is 1. The number of aromatic hydroxyl groups is 1. The van der Waals surface area contributed by atoms with Crippen molar-refractivity contribution in [3.05, 3.63) is 102 Å². The van der Waals surface area contributed by atoms with Gasteiger partial charge in [-0.3, -0.25) is 102 Å². The number of para-hydroxylation sites is 2. The Bertz CT molecular complexity index is 5160. The lowest BCUT2D eigenvalue weighted by Crippen LogP contribution is -2.61. The van der Waals surface area contributed by atoms with Crippen LogP contribution < -0.4 is 125 Å². The number of carboxylic acids is 3. The maximum absolute atomic E-state index is 15.5.